The van der Waals surface area contributed by atoms with Crippen molar-refractivity contribution in [3.63, 3.8) is 0 Å². The Labute approximate surface area is 207 Å². The molecule has 0 unspecified atom stereocenters. The average molecular weight is 470 g/mol. The monoisotopic (exact) mass is 469 g/mol. The highest BCUT2D eigenvalue weighted by Gasteiger charge is 2.11. The first kappa shape index (κ1) is 22.0. The molecule has 0 aliphatic carbocycles. The Kier molecular flexibility index (Phi) is 6.01. The van der Waals surface area contributed by atoms with Gasteiger partial charge >= 0.3 is 0 Å². The van der Waals surface area contributed by atoms with E-state index in [1.165, 1.54) is 0 Å². The Balaban J connectivity index is 1.51. The normalized spacial score (nSPS) is 10.4. The smallest absolute Gasteiger partial charge is 0.208 e. The van der Waals surface area contributed by atoms with Crippen molar-refractivity contribution < 1.29 is 0 Å². The predicted molar refractivity (Wildman–Crippen MR) is 136 cm³/mol. The van der Waals surface area contributed by atoms with Gasteiger partial charge in [-0.25, -0.2) is 4.98 Å². The Morgan fingerprint density at radius 1 is 0.486 bits per heavy atom. The van der Waals surface area contributed by atoms with Crippen molar-refractivity contribution in [2.45, 2.75) is 0 Å². The van der Waals surface area contributed by atoms with E-state index in [1.54, 1.807) is 24.3 Å². The number of hydrogen-bond donors (Lipinski definition) is 0. The van der Waals surface area contributed by atoms with Gasteiger partial charge in [-0.3, -0.25) is 0 Å². The molecule has 0 aliphatic heterocycles. The van der Waals surface area contributed by atoms with Gasteiger partial charge in [0.2, 0.25) is 5.28 Å². The van der Waals surface area contributed by atoms with Gasteiger partial charge in [-0.05, 0) is 70.3 Å². The Hall–Kier alpha value is -4.84. The standard InChI is InChI=1S/C29H16ClN5/c30-29-34-27(25-5-1-3-23(15-25)21-11-7-19(17-31)8-12-21)33-28(35-29)26-6-2-4-24(16-26)22-13-9-20(18-32)10-14-22/h1-16H. The number of rotatable bonds is 4. The maximum atomic E-state index is 9.04. The summed E-state index contributed by atoms with van der Waals surface area (Å²) in [5, 5.41) is 18.2. The van der Waals surface area contributed by atoms with Gasteiger partial charge in [-0.1, -0.05) is 60.7 Å². The molecular weight excluding hydrogens is 454 g/mol. The number of aromatic nitrogens is 3. The SMILES string of the molecule is N#Cc1ccc(-c2cccc(-c3nc(Cl)nc(-c4cccc(-c5ccc(C#N)cc5)c4)n3)c2)cc1. The van der Waals surface area contributed by atoms with Crippen LogP contribution in [0.15, 0.2) is 97.1 Å². The Morgan fingerprint density at radius 3 is 1.29 bits per heavy atom. The van der Waals surface area contributed by atoms with Gasteiger partial charge in [0.15, 0.2) is 11.6 Å². The molecule has 6 heteroatoms. The van der Waals surface area contributed by atoms with Crippen LogP contribution < -0.4 is 0 Å². The second-order valence-corrected chi connectivity index (χ2v) is 8.13. The molecule has 1 aromatic heterocycles. The van der Waals surface area contributed by atoms with E-state index in [2.05, 4.69) is 22.1 Å². The molecule has 0 N–H and O–H groups in total. The summed E-state index contributed by atoms with van der Waals surface area (Å²) in [7, 11) is 0. The second-order valence-electron chi connectivity index (χ2n) is 7.79. The molecule has 5 nitrogen and oxygen atoms in total. The average Bonchev–Trinajstić information content (AvgIpc) is 2.93. The third-order valence-electron chi connectivity index (χ3n) is 5.54. The maximum absolute atomic E-state index is 9.04. The highest BCUT2D eigenvalue weighted by Crippen LogP contribution is 2.29. The molecule has 5 rings (SSSR count). The molecule has 1 heterocycles. The van der Waals surface area contributed by atoms with Gasteiger partial charge in [-0.15, -0.1) is 0 Å². The fraction of sp³-hybridized carbons (Fsp3) is 0. The third-order valence-corrected chi connectivity index (χ3v) is 5.71. The second kappa shape index (κ2) is 9.57. The van der Waals surface area contributed by atoms with E-state index in [0.29, 0.717) is 22.8 Å². The highest BCUT2D eigenvalue weighted by molar-refractivity contribution is 6.28. The molecule has 0 saturated heterocycles. The lowest BCUT2D eigenvalue weighted by molar-refractivity contribution is 1.07. The number of halogens is 1. The molecule has 4 aromatic carbocycles. The lowest BCUT2D eigenvalue weighted by Crippen LogP contribution is -1.97. The van der Waals surface area contributed by atoms with Crippen LogP contribution >= 0.6 is 11.6 Å². The summed E-state index contributed by atoms with van der Waals surface area (Å²) < 4.78 is 0. The molecule has 0 fully saturated rings. The van der Waals surface area contributed by atoms with Crippen LogP contribution in [0.4, 0.5) is 0 Å². The lowest BCUT2D eigenvalue weighted by Gasteiger charge is -2.09. The van der Waals surface area contributed by atoms with Crippen LogP contribution in [0, 0.1) is 22.7 Å². The molecule has 0 atom stereocenters. The summed E-state index contributed by atoms with van der Waals surface area (Å²) in [4.78, 5) is 13.4. The largest absolute Gasteiger partial charge is 0.226 e. The summed E-state index contributed by atoms with van der Waals surface area (Å²) >= 11 is 6.31. The summed E-state index contributed by atoms with van der Waals surface area (Å²) in [6.45, 7) is 0. The van der Waals surface area contributed by atoms with E-state index in [9.17, 15) is 0 Å². The topological polar surface area (TPSA) is 86.2 Å². The molecule has 0 bridgehead atoms. The molecule has 164 valence electrons. The first-order chi connectivity index (χ1) is 17.1. The fourth-order valence-corrected chi connectivity index (χ4v) is 3.92. The van der Waals surface area contributed by atoms with Gasteiger partial charge in [0.05, 0.1) is 23.3 Å². The van der Waals surface area contributed by atoms with Gasteiger partial charge in [0.1, 0.15) is 0 Å². The van der Waals surface area contributed by atoms with Gasteiger partial charge in [0.25, 0.3) is 0 Å². The van der Waals surface area contributed by atoms with E-state index in [1.807, 2.05) is 72.8 Å². The zero-order chi connectivity index (χ0) is 24.2. The van der Waals surface area contributed by atoms with E-state index >= 15 is 0 Å². The summed E-state index contributed by atoms with van der Waals surface area (Å²) in [6.07, 6.45) is 0. The molecular formula is C29H16ClN5. The van der Waals surface area contributed by atoms with Crippen molar-refractivity contribution in [2.75, 3.05) is 0 Å². The van der Waals surface area contributed by atoms with E-state index in [4.69, 9.17) is 27.1 Å². The number of nitrogens with zero attached hydrogens (tertiary/aromatic N) is 5. The molecule has 0 saturated carbocycles. The van der Waals surface area contributed by atoms with Crippen LogP contribution in [0.5, 0.6) is 0 Å². The number of nitriles is 2. The van der Waals surface area contributed by atoms with E-state index < -0.39 is 0 Å². The van der Waals surface area contributed by atoms with Crippen molar-refractivity contribution in [3.05, 3.63) is 113 Å². The quantitative estimate of drug-likeness (QED) is 0.284. The first-order valence-electron chi connectivity index (χ1n) is 10.8. The predicted octanol–water partition coefficient (Wildman–Crippen LogP) is 6.94. The van der Waals surface area contributed by atoms with E-state index in [0.717, 1.165) is 33.4 Å². The van der Waals surface area contributed by atoms with Crippen LogP contribution in [-0.4, -0.2) is 15.0 Å². The maximum Gasteiger partial charge on any atom is 0.226 e. The zero-order valence-electron chi connectivity index (χ0n) is 18.4. The van der Waals surface area contributed by atoms with Crippen LogP contribution in [0.2, 0.25) is 5.28 Å². The van der Waals surface area contributed by atoms with Gasteiger partial charge < -0.3 is 0 Å². The summed E-state index contributed by atoms with van der Waals surface area (Å²) in [6, 6.07) is 34.8. The Bertz CT molecular complexity index is 1490. The van der Waals surface area contributed by atoms with Crippen LogP contribution in [0.25, 0.3) is 45.0 Å². The van der Waals surface area contributed by atoms with Gasteiger partial charge in [-0.2, -0.15) is 20.5 Å². The third kappa shape index (κ3) is 4.77. The highest BCUT2D eigenvalue weighted by atomic mass is 35.5. The van der Waals surface area contributed by atoms with Crippen molar-refractivity contribution >= 4 is 11.6 Å². The zero-order valence-corrected chi connectivity index (χ0v) is 19.1. The fourth-order valence-electron chi connectivity index (χ4n) is 3.76. The molecule has 0 aliphatic rings. The van der Waals surface area contributed by atoms with Crippen molar-refractivity contribution in [3.8, 4) is 57.2 Å². The van der Waals surface area contributed by atoms with E-state index in [-0.39, 0.29) is 5.28 Å². The first-order valence-corrected chi connectivity index (χ1v) is 11.1. The molecule has 0 spiro atoms. The van der Waals surface area contributed by atoms with Crippen LogP contribution in [0.3, 0.4) is 0 Å². The molecule has 5 aromatic rings. The molecule has 35 heavy (non-hydrogen) atoms. The minimum absolute atomic E-state index is 0.109. The number of hydrogen-bond acceptors (Lipinski definition) is 5. The minimum Gasteiger partial charge on any atom is -0.208 e. The van der Waals surface area contributed by atoms with Crippen molar-refractivity contribution in [1.82, 2.24) is 15.0 Å². The molecule has 0 radical (unpaired) electrons. The van der Waals surface area contributed by atoms with Crippen LogP contribution in [0.1, 0.15) is 11.1 Å². The lowest BCUT2D eigenvalue weighted by atomic mass is 10.0. The summed E-state index contributed by atoms with van der Waals surface area (Å²) in [5.41, 5.74) is 6.77. The van der Waals surface area contributed by atoms with Crippen LogP contribution in [-0.2, 0) is 0 Å². The summed E-state index contributed by atoms with van der Waals surface area (Å²) in [5.74, 6) is 0.943. The minimum atomic E-state index is 0.109. The molecule has 0 amide bonds. The van der Waals surface area contributed by atoms with Crippen molar-refractivity contribution in [2.24, 2.45) is 0 Å². The Morgan fingerprint density at radius 2 is 0.886 bits per heavy atom. The number of benzene rings is 4. The van der Waals surface area contributed by atoms with Crippen molar-refractivity contribution in [1.29, 1.82) is 10.5 Å². The van der Waals surface area contributed by atoms with Gasteiger partial charge in [0, 0.05) is 11.1 Å².